The number of nitrogens with zero attached hydrogens (tertiary/aromatic N) is 2. The smallest absolute Gasteiger partial charge is 0.337 e. The zero-order valence-corrected chi connectivity index (χ0v) is 14.9. The highest BCUT2D eigenvalue weighted by atomic mass is 19.1. The fourth-order valence-electron chi connectivity index (χ4n) is 2.89. The third kappa shape index (κ3) is 3.40. The van der Waals surface area contributed by atoms with Crippen molar-refractivity contribution in [2.45, 2.75) is 0 Å². The van der Waals surface area contributed by atoms with Gasteiger partial charge in [-0.15, -0.1) is 10.2 Å². The molecule has 138 valence electrons. The van der Waals surface area contributed by atoms with Gasteiger partial charge in [-0.25, -0.2) is 9.18 Å². The minimum absolute atomic E-state index is 0.309. The van der Waals surface area contributed by atoms with Gasteiger partial charge < -0.3 is 9.47 Å². The molecule has 0 radical (unpaired) electrons. The molecule has 3 aromatic carbocycles. The third-order valence-electron chi connectivity index (χ3n) is 4.24. The monoisotopic (exact) mass is 374 g/mol. The average Bonchev–Trinajstić information content (AvgIpc) is 2.74. The summed E-state index contributed by atoms with van der Waals surface area (Å²) in [5, 5.41) is 10.1. The topological polar surface area (TPSA) is 61.3 Å². The van der Waals surface area contributed by atoms with Gasteiger partial charge >= 0.3 is 5.97 Å². The van der Waals surface area contributed by atoms with Crippen LogP contribution in [0.2, 0.25) is 0 Å². The van der Waals surface area contributed by atoms with Crippen LogP contribution in [0.1, 0.15) is 10.4 Å². The van der Waals surface area contributed by atoms with Crippen LogP contribution < -0.4 is 4.74 Å². The Labute approximate surface area is 160 Å². The third-order valence-corrected chi connectivity index (χ3v) is 4.24. The Balaban J connectivity index is 1.76. The Kier molecular flexibility index (Phi) is 4.68. The van der Waals surface area contributed by atoms with E-state index in [9.17, 15) is 9.18 Å². The summed E-state index contributed by atoms with van der Waals surface area (Å²) < 4.78 is 23.9. The van der Waals surface area contributed by atoms with Crippen molar-refractivity contribution in [1.82, 2.24) is 10.2 Å². The van der Waals surface area contributed by atoms with Gasteiger partial charge in [-0.2, -0.15) is 0 Å². The molecule has 0 aliphatic heterocycles. The molecule has 6 heteroatoms. The lowest BCUT2D eigenvalue weighted by Crippen LogP contribution is -2.01. The molecule has 0 N–H and O–H groups in total. The zero-order valence-electron chi connectivity index (χ0n) is 14.9. The molecule has 0 amide bonds. The van der Waals surface area contributed by atoms with E-state index < -0.39 is 5.97 Å². The molecule has 4 rings (SSSR count). The molecule has 28 heavy (non-hydrogen) atoms. The highest BCUT2D eigenvalue weighted by Gasteiger charge is 2.13. The summed E-state index contributed by atoms with van der Waals surface area (Å²) in [6.07, 6.45) is 0. The number of benzene rings is 3. The van der Waals surface area contributed by atoms with Crippen LogP contribution in [0, 0.1) is 5.82 Å². The first kappa shape index (κ1) is 17.6. The van der Waals surface area contributed by atoms with Gasteiger partial charge in [0.05, 0.1) is 12.7 Å². The van der Waals surface area contributed by atoms with Crippen LogP contribution in [0.5, 0.6) is 11.6 Å². The molecule has 0 atom stereocenters. The van der Waals surface area contributed by atoms with Crippen molar-refractivity contribution < 1.29 is 18.7 Å². The molecule has 0 bridgehead atoms. The van der Waals surface area contributed by atoms with E-state index in [1.807, 2.05) is 24.3 Å². The number of hydrogen-bond acceptors (Lipinski definition) is 5. The lowest BCUT2D eigenvalue weighted by Gasteiger charge is -2.11. The van der Waals surface area contributed by atoms with Crippen molar-refractivity contribution in [3.63, 3.8) is 0 Å². The predicted octanol–water partition coefficient (Wildman–Crippen LogP) is 5.01. The van der Waals surface area contributed by atoms with Crippen LogP contribution >= 0.6 is 0 Å². The van der Waals surface area contributed by atoms with Gasteiger partial charge in [0, 0.05) is 16.3 Å². The standard InChI is InChI=1S/C22H15FN2O3/c1-27-22(26)15-5-4-6-17(13-15)28-21-19-8-3-2-7-18(19)20(24-25-21)14-9-11-16(23)12-10-14/h2-13H,1H3. The Morgan fingerprint density at radius 1 is 0.893 bits per heavy atom. The van der Waals surface area contributed by atoms with Crippen molar-refractivity contribution in [2.75, 3.05) is 7.11 Å². The Morgan fingerprint density at radius 3 is 2.39 bits per heavy atom. The van der Waals surface area contributed by atoms with Crippen molar-refractivity contribution >= 4 is 16.7 Å². The summed E-state index contributed by atoms with van der Waals surface area (Å²) in [6.45, 7) is 0. The first-order valence-electron chi connectivity index (χ1n) is 8.53. The second kappa shape index (κ2) is 7.44. The number of rotatable bonds is 4. The molecule has 0 fully saturated rings. The summed E-state index contributed by atoms with van der Waals surface area (Å²) in [5.41, 5.74) is 1.76. The summed E-state index contributed by atoms with van der Waals surface area (Å²) >= 11 is 0. The molecule has 0 spiro atoms. The molecule has 5 nitrogen and oxygen atoms in total. The minimum atomic E-state index is -0.451. The van der Waals surface area contributed by atoms with Gasteiger partial charge in [0.1, 0.15) is 17.3 Å². The molecule has 0 saturated carbocycles. The van der Waals surface area contributed by atoms with E-state index in [-0.39, 0.29) is 5.82 Å². The summed E-state index contributed by atoms with van der Waals surface area (Å²) in [5.74, 6) is -0.0140. The van der Waals surface area contributed by atoms with Crippen molar-refractivity contribution in [3.8, 4) is 22.9 Å². The van der Waals surface area contributed by atoms with Crippen LogP contribution in [0.4, 0.5) is 4.39 Å². The van der Waals surface area contributed by atoms with E-state index in [0.717, 1.165) is 16.3 Å². The van der Waals surface area contributed by atoms with Gasteiger partial charge in [0.2, 0.25) is 5.88 Å². The SMILES string of the molecule is COC(=O)c1cccc(Oc2nnc(-c3ccc(F)cc3)c3ccccc23)c1. The maximum absolute atomic E-state index is 13.2. The summed E-state index contributed by atoms with van der Waals surface area (Å²) in [7, 11) is 1.32. The maximum atomic E-state index is 13.2. The summed E-state index contributed by atoms with van der Waals surface area (Å²) in [6, 6.07) is 20.3. The molecule has 0 saturated heterocycles. The number of esters is 1. The average molecular weight is 374 g/mol. The van der Waals surface area contributed by atoms with E-state index in [1.54, 1.807) is 36.4 Å². The fraction of sp³-hybridized carbons (Fsp3) is 0.0455. The summed E-state index contributed by atoms with van der Waals surface area (Å²) in [4.78, 5) is 11.7. The second-order valence-corrected chi connectivity index (χ2v) is 6.03. The number of carbonyl (C=O) groups excluding carboxylic acids is 1. The largest absolute Gasteiger partial charge is 0.465 e. The van der Waals surface area contributed by atoms with E-state index >= 15 is 0 Å². The van der Waals surface area contributed by atoms with Gasteiger partial charge in [0.25, 0.3) is 0 Å². The minimum Gasteiger partial charge on any atom is -0.465 e. The van der Waals surface area contributed by atoms with E-state index in [1.165, 1.54) is 19.2 Å². The number of carbonyl (C=O) groups is 1. The number of halogens is 1. The van der Waals surface area contributed by atoms with Crippen molar-refractivity contribution in [2.24, 2.45) is 0 Å². The quantitative estimate of drug-likeness (QED) is 0.470. The van der Waals surface area contributed by atoms with Crippen molar-refractivity contribution in [1.29, 1.82) is 0 Å². The highest BCUT2D eigenvalue weighted by molar-refractivity contribution is 5.97. The van der Waals surface area contributed by atoms with Crippen LogP contribution in [0.25, 0.3) is 22.0 Å². The Hall–Kier alpha value is -3.80. The molecule has 4 aromatic rings. The molecule has 1 heterocycles. The van der Waals surface area contributed by atoms with Gasteiger partial charge in [0.15, 0.2) is 0 Å². The van der Waals surface area contributed by atoms with Crippen LogP contribution in [-0.2, 0) is 4.74 Å². The number of fused-ring (bicyclic) bond motifs is 1. The fourth-order valence-corrected chi connectivity index (χ4v) is 2.89. The molecule has 0 aliphatic carbocycles. The molecule has 0 unspecified atom stereocenters. The Bertz CT molecular complexity index is 1160. The lowest BCUT2D eigenvalue weighted by molar-refractivity contribution is 0.0600. The first-order valence-corrected chi connectivity index (χ1v) is 8.53. The number of methoxy groups -OCH3 is 1. The van der Waals surface area contributed by atoms with Crippen LogP contribution in [0.15, 0.2) is 72.8 Å². The number of hydrogen-bond donors (Lipinski definition) is 0. The Morgan fingerprint density at radius 2 is 1.64 bits per heavy atom. The normalized spacial score (nSPS) is 10.6. The number of aromatic nitrogens is 2. The van der Waals surface area contributed by atoms with E-state index in [4.69, 9.17) is 9.47 Å². The highest BCUT2D eigenvalue weighted by Crippen LogP contribution is 2.33. The van der Waals surface area contributed by atoms with Gasteiger partial charge in [-0.05, 0) is 48.5 Å². The molecular weight excluding hydrogens is 359 g/mol. The zero-order chi connectivity index (χ0) is 19.5. The second-order valence-electron chi connectivity index (χ2n) is 6.03. The molecule has 0 aliphatic rings. The maximum Gasteiger partial charge on any atom is 0.337 e. The number of ether oxygens (including phenoxy) is 2. The van der Waals surface area contributed by atoms with Crippen LogP contribution in [-0.4, -0.2) is 23.3 Å². The van der Waals surface area contributed by atoms with Gasteiger partial charge in [-0.1, -0.05) is 24.3 Å². The van der Waals surface area contributed by atoms with E-state index in [0.29, 0.717) is 22.9 Å². The van der Waals surface area contributed by atoms with Gasteiger partial charge in [-0.3, -0.25) is 0 Å². The lowest BCUT2D eigenvalue weighted by atomic mass is 10.1. The molecular formula is C22H15FN2O3. The van der Waals surface area contributed by atoms with Crippen molar-refractivity contribution in [3.05, 3.63) is 84.2 Å². The van der Waals surface area contributed by atoms with Crippen LogP contribution in [0.3, 0.4) is 0 Å². The predicted molar refractivity (Wildman–Crippen MR) is 103 cm³/mol. The molecule has 1 aromatic heterocycles. The first-order chi connectivity index (χ1) is 13.7. The van der Waals surface area contributed by atoms with E-state index in [2.05, 4.69) is 10.2 Å².